The van der Waals surface area contributed by atoms with E-state index in [1.807, 2.05) is 6.07 Å². The molecule has 0 aromatic carbocycles. The van der Waals surface area contributed by atoms with Gasteiger partial charge in [-0.25, -0.2) is 8.42 Å². The third-order valence-electron chi connectivity index (χ3n) is 3.11. The standard InChI is InChI=1S/C13H17N3O4S/c17-12(15-8-10-3-1-2-5-14-10)7-13(18)16-11-4-6-21(19,20)9-11/h1-3,5,11H,4,6-9H2,(H,15,17)(H,16,18). The summed E-state index contributed by atoms with van der Waals surface area (Å²) in [6.45, 7) is 0.255. The number of carbonyl (C=O) groups is 2. The molecule has 114 valence electrons. The molecule has 1 aliphatic heterocycles. The van der Waals surface area contributed by atoms with E-state index < -0.39 is 21.7 Å². The van der Waals surface area contributed by atoms with E-state index in [0.29, 0.717) is 12.1 Å². The van der Waals surface area contributed by atoms with E-state index in [1.165, 1.54) is 0 Å². The van der Waals surface area contributed by atoms with E-state index in [2.05, 4.69) is 15.6 Å². The number of nitrogens with one attached hydrogen (secondary N) is 2. The maximum atomic E-state index is 11.6. The first-order valence-electron chi connectivity index (χ1n) is 6.61. The molecule has 21 heavy (non-hydrogen) atoms. The summed E-state index contributed by atoms with van der Waals surface area (Å²) >= 11 is 0. The Kier molecular flexibility index (Phi) is 4.89. The van der Waals surface area contributed by atoms with E-state index in [9.17, 15) is 18.0 Å². The molecule has 1 unspecified atom stereocenters. The van der Waals surface area contributed by atoms with Gasteiger partial charge in [0, 0.05) is 12.2 Å². The summed E-state index contributed by atoms with van der Waals surface area (Å²) in [6, 6.07) is 4.96. The number of aromatic nitrogens is 1. The Morgan fingerprint density at radius 3 is 2.71 bits per heavy atom. The summed E-state index contributed by atoms with van der Waals surface area (Å²) < 4.78 is 22.5. The molecule has 0 saturated carbocycles. The minimum Gasteiger partial charge on any atom is -0.352 e. The Bertz CT molecular complexity index is 616. The lowest BCUT2D eigenvalue weighted by molar-refractivity contribution is -0.129. The summed E-state index contributed by atoms with van der Waals surface area (Å²) in [6.07, 6.45) is 1.71. The Hall–Kier alpha value is -1.96. The highest BCUT2D eigenvalue weighted by Crippen LogP contribution is 2.11. The number of sulfone groups is 1. The van der Waals surface area contributed by atoms with Crippen LogP contribution in [0.2, 0.25) is 0 Å². The van der Waals surface area contributed by atoms with Crippen LogP contribution in [0.1, 0.15) is 18.5 Å². The van der Waals surface area contributed by atoms with Crippen molar-refractivity contribution in [3.63, 3.8) is 0 Å². The highest BCUT2D eigenvalue weighted by atomic mass is 32.2. The first-order chi connectivity index (χ1) is 9.94. The monoisotopic (exact) mass is 311 g/mol. The molecule has 8 heteroatoms. The third-order valence-corrected chi connectivity index (χ3v) is 4.88. The molecule has 2 N–H and O–H groups in total. The van der Waals surface area contributed by atoms with Crippen LogP contribution >= 0.6 is 0 Å². The van der Waals surface area contributed by atoms with Gasteiger partial charge < -0.3 is 10.6 Å². The van der Waals surface area contributed by atoms with Crippen LogP contribution in [0.5, 0.6) is 0 Å². The molecule has 7 nitrogen and oxygen atoms in total. The van der Waals surface area contributed by atoms with Gasteiger partial charge in [0.15, 0.2) is 9.84 Å². The van der Waals surface area contributed by atoms with Crippen molar-refractivity contribution < 1.29 is 18.0 Å². The van der Waals surface area contributed by atoms with E-state index in [4.69, 9.17) is 0 Å². The molecule has 1 fully saturated rings. The van der Waals surface area contributed by atoms with Crippen molar-refractivity contribution in [2.24, 2.45) is 0 Å². The molecular formula is C13H17N3O4S. The Morgan fingerprint density at radius 2 is 2.10 bits per heavy atom. The molecule has 1 saturated heterocycles. The molecule has 2 amide bonds. The third kappa shape index (κ3) is 5.14. The van der Waals surface area contributed by atoms with Crippen LogP contribution in [0.4, 0.5) is 0 Å². The molecular weight excluding hydrogens is 294 g/mol. The minimum atomic E-state index is -3.04. The van der Waals surface area contributed by atoms with Gasteiger partial charge in [-0.3, -0.25) is 14.6 Å². The maximum Gasteiger partial charge on any atom is 0.229 e. The number of pyridine rings is 1. The Labute approximate surface area is 123 Å². The van der Waals surface area contributed by atoms with Crippen molar-refractivity contribution in [3.05, 3.63) is 30.1 Å². The second kappa shape index (κ2) is 6.66. The molecule has 1 aromatic heterocycles. The zero-order valence-electron chi connectivity index (χ0n) is 11.4. The van der Waals surface area contributed by atoms with Crippen molar-refractivity contribution >= 4 is 21.7 Å². The summed E-state index contributed by atoms with van der Waals surface area (Å²) in [5.41, 5.74) is 0.702. The highest BCUT2D eigenvalue weighted by Gasteiger charge is 2.29. The maximum absolute atomic E-state index is 11.6. The number of hydrogen-bond acceptors (Lipinski definition) is 5. The second-order valence-corrected chi connectivity index (χ2v) is 7.17. The van der Waals surface area contributed by atoms with E-state index in [0.717, 1.165) is 0 Å². The molecule has 1 aliphatic rings. The molecule has 2 heterocycles. The second-order valence-electron chi connectivity index (χ2n) is 4.94. The van der Waals surface area contributed by atoms with Gasteiger partial charge in [-0.05, 0) is 18.6 Å². The van der Waals surface area contributed by atoms with Crippen molar-refractivity contribution in [3.8, 4) is 0 Å². The largest absolute Gasteiger partial charge is 0.352 e. The van der Waals surface area contributed by atoms with Crippen LogP contribution in [-0.2, 0) is 26.0 Å². The predicted octanol–water partition coefficient (Wildman–Crippen LogP) is -0.609. The van der Waals surface area contributed by atoms with Gasteiger partial charge in [-0.2, -0.15) is 0 Å². The van der Waals surface area contributed by atoms with Gasteiger partial charge in [0.2, 0.25) is 11.8 Å². The lowest BCUT2D eigenvalue weighted by Crippen LogP contribution is -2.38. The lowest BCUT2D eigenvalue weighted by Gasteiger charge is -2.10. The minimum absolute atomic E-state index is 0.0473. The number of rotatable bonds is 5. The first kappa shape index (κ1) is 15.4. The first-order valence-corrected chi connectivity index (χ1v) is 8.43. The van der Waals surface area contributed by atoms with Crippen LogP contribution in [0.3, 0.4) is 0 Å². The van der Waals surface area contributed by atoms with Crippen molar-refractivity contribution in [2.75, 3.05) is 11.5 Å². The average molecular weight is 311 g/mol. The summed E-state index contributed by atoms with van der Waals surface area (Å²) in [7, 11) is -3.04. The van der Waals surface area contributed by atoms with Crippen molar-refractivity contribution in [2.45, 2.75) is 25.4 Å². The average Bonchev–Trinajstić information content (AvgIpc) is 2.76. The summed E-state index contributed by atoms with van der Waals surface area (Å²) in [4.78, 5) is 27.3. The van der Waals surface area contributed by atoms with Gasteiger partial charge >= 0.3 is 0 Å². The number of carbonyl (C=O) groups excluding carboxylic acids is 2. The van der Waals surface area contributed by atoms with Gasteiger partial charge in [0.1, 0.15) is 6.42 Å². The Morgan fingerprint density at radius 1 is 1.29 bits per heavy atom. The summed E-state index contributed by atoms with van der Waals surface area (Å²) in [5, 5.41) is 5.16. The topological polar surface area (TPSA) is 105 Å². The molecule has 0 spiro atoms. The quantitative estimate of drug-likeness (QED) is 0.706. The van der Waals surface area contributed by atoms with Crippen LogP contribution in [0.15, 0.2) is 24.4 Å². The van der Waals surface area contributed by atoms with Gasteiger partial charge in [0.25, 0.3) is 0 Å². The van der Waals surface area contributed by atoms with Crippen LogP contribution in [0, 0.1) is 0 Å². The zero-order valence-corrected chi connectivity index (χ0v) is 12.2. The fourth-order valence-corrected chi connectivity index (χ4v) is 3.76. The molecule has 0 radical (unpaired) electrons. The predicted molar refractivity (Wildman–Crippen MR) is 75.9 cm³/mol. The number of amides is 2. The van der Waals surface area contributed by atoms with Crippen LogP contribution in [0.25, 0.3) is 0 Å². The van der Waals surface area contributed by atoms with Gasteiger partial charge in [0.05, 0.1) is 23.7 Å². The van der Waals surface area contributed by atoms with Crippen LogP contribution in [-0.4, -0.2) is 42.8 Å². The Balaban J connectivity index is 1.71. The molecule has 2 rings (SSSR count). The molecule has 0 bridgehead atoms. The number of nitrogens with zero attached hydrogens (tertiary/aromatic N) is 1. The molecule has 1 atom stereocenters. The van der Waals surface area contributed by atoms with E-state index in [1.54, 1.807) is 18.3 Å². The molecule has 0 aliphatic carbocycles. The van der Waals surface area contributed by atoms with E-state index in [-0.39, 0.29) is 30.5 Å². The molecule has 1 aromatic rings. The smallest absolute Gasteiger partial charge is 0.229 e. The fraction of sp³-hybridized carbons (Fsp3) is 0.462. The van der Waals surface area contributed by atoms with Gasteiger partial charge in [-0.1, -0.05) is 6.07 Å². The SMILES string of the molecule is O=C(CC(=O)NC1CCS(=O)(=O)C1)NCc1ccccn1. The number of hydrogen-bond donors (Lipinski definition) is 2. The fourth-order valence-electron chi connectivity index (χ4n) is 2.09. The zero-order chi connectivity index (χ0) is 15.3. The van der Waals surface area contributed by atoms with Crippen LogP contribution < -0.4 is 10.6 Å². The lowest BCUT2D eigenvalue weighted by atomic mass is 10.2. The highest BCUT2D eigenvalue weighted by molar-refractivity contribution is 7.91. The normalized spacial score (nSPS) is 19.9. The van der Waals surface area contributed by atoms with Crippen molar-refractivity contribution in [1.82, 2.24) is 15.6 Å². The van der Waals surface area contributed by atoms with Gasteiger partial charge in [-0.15, -0.1) is 0 Å². The summed E-state index contributed by atoms with van der Waals surface area (Å²) in [5.74, 6) is -0.840. The van der Waals surface area contributed by atoms with E-state index >= 15 is 0 Å². The van der Waals surface area contributed by atoms with Crippen molar-refractivity contribution in [1.29, 1.82) is 0 Å².